The molecular formula is C21H25Cl3N2O. The molecule has 0 bridgehead atoms. The van der Waals surface area contributed by atoms with Gasteiger partial charge in [-0.15, -0.1) is 12.4 Å². The van der Waals surface area contributed by atoms with Crippen LogP contribution >= 0.6 is 35.6 Å². The molecule has 0 fully saturated rings. The van der Waals surface area contributed by atoms with Crippen LogP contribution in [0.4, 0.5) is 0 Å². The minimum absolute atomic E-state index is 0. The number of carbonyl (C=O) groups is 1. The fraction of sp³-hybridized carbons (Fsp3) is 0.381. The van der Waals surface area contributed by atoms with Gasteiger partial charge in [-0.2, -0.15) is 0 Å². The fourth-order valence-corrected chi connectivity index (χ4v) is 4.15. The summed E-state index contributed by atoms with van der Waals surface area (Å²) < 4.78 is 0. The number of rotatable bonds is 4. The topological polar surface area (TPSA) is 23.6 Å². The van der Waals surface area contributed by atoms with Crippen LogP contribution in [0.2, 0.25) is 10.0 Å². The van der Waals surface area contributed by atoms with E-state index in [9.17, 15) is 4.79 Å². The van der Waals surface area contributed by atoms with Crippen LogP contribution in [0, 0.1) is 0 Å². The molecule has 3 nitrogen and oxygen atoms in total. The van der Waals surface area contributed by atoms with E-state index in [0.29, 0.717) is 22.5 Å². The fourth-order valence-electron chi connectivity index (χ4n) is 3.83. The van der Waals surface area contributed by atoms with Crippen molar-refractivity contribution in [1.82, 2.24) is 9.80 Å². The summed E-state index contributed by atoms with van der Waals surface area (Å²) in [5.74, 6) is 0.0805. The Bertz CT molecular complexity index is 810. The van der Waals surface area contributed by atoms with Crippen molar-refractivity contribution in [3.05, 3.63) is 69.2 Å². The highest BCUT2D eigenvalue weighted by Crippen LogP contribution is 2.36. The Morgan fingerprint density at radius 3 is 2.44 bits per heavy atom. The largest absolute Gasteiger partial charge is 0.337 e. The maximum Gasteiger partial charge on any atom is 0.227 e. The predicted molar refractivity (Wildman–Crippen MR) is 115 cm³/mol. The van der Waals surface area contributed by atoms with Crippen molar-refractivity contribution < 1.29 is 4.79 Å². The number of benzene rings is 2. The standard InChI is InChI=1S/C21H24Cl2N2O.ClH/c1-24(2)19-11-9-15-6-4-5-7-16(15)21(19)25(3)20(26)13-14-8-10-17(22)18(23)12-14;/h4-8,10,12,19,21H,9,11,13H2,1-3H3;1H/t19-,21-;/m0./s1. The van der Waals surface area contributed by atoms with E-state index in [0.717, 1.165) is 18.4 Å². The lowest BCUT2D eigenvalue weighted by Gasteiger charge is -2.42. The van der Waals surface area contributed by atoms with Crippen molar-refractivity contribution in [2.45, 2.75) is 31.3 Å². The lowest BCUT2D eigenvalue weighted by molar-refractivity contribution is -0.132. The van der Waals surface area contributed by atoms with E-state index >= 15 is 0 Å². The molecule has 0 aliphatic heterocycles. The highest BCUT2D eigenvalue weighted by atomic mass is 35.5. The van der Waals surface area contributed by atoms with Gasteiger partial charge in [0.25, 0.3) is 0 Å². The quantitative estimate of drug-likeness (QED) is 0.683. The van der Waals surface area contributed by atoms with Gasteiger partial charge in [0.2, 0.25) is 5.91 Å². The summed E-state index contributed by atoms with van der Waals surface area (Å²) in [6.45, 7) is 0. The van der Waals surface area contributed by atoms with Crippen molar-refractivity contribution in [3.8, 4) is 0 Å². The van der Waals surface area contributed by atoms with E-state index in [1.165, 1.54) is 11.1 Å². The van der Waals surface area contributed by atoms with Gasteiger partial charge in [-0.1, -0.05) is 53.5 Å². The number of halogens is 3. The first-order valence-electron chi connectivity index (χ1n) is 8.82. The van der Waals surface area contributed by atoms with Gasteiger partial charge in [0.15, 0.2) is 0 Å². The van der Waals surface area contributed by atoms with E-state index in [1.54, 1.807) is 12.1 Å². The minimum atomic E-state index is 0. The Kier molecular flexibility index (Phi) is 7.58. The molecule has 3 rings (SSSR count). The second-order valence-corrected chi connectivity index (χ2v) is 7.96. The van der Waals surface area contributed by atoms with Crippen LogP contribution in [0.5, 0.6) is 0 Å². The third kappa shape index (κ3) is 4.78. The van der Waals surface area contributed by atoms with Crippen LogP contribution in [0.1, 0.15) is 29.2 Å². The molecule has 146 valence electrons. The Hall–Kier alpha value is -1.26. The smallest absolute Gasteiger partial charge is 0.227 e. The van der Waals surface area contributed by atoms with Gasteiger partial charge in [0, 0.05) is 13.1 Å². The summed E-state index contributed by atoms with van der Waals surface area (Å²) >= 11 is 12.1. The lowest BCUT2D eigenvalue weighted by Crippen LogP contribution is -2.47. The van der Waals surface area contributed by atoms with Crippen LogP contribution < -0.4 is 0 Å². The van der Waals surface area contributed by atoms with Gasteiger partial charge >= 0.3 is 0 Å². The van der Waals surface area contributed by atoms with Gasteiger partial charge in [0.1, 0.15) is 0 Å². The van der Waals surface area contributed by atoms with Crippen molar-refractivity contribution in [2.75, 3.05) is 21.1 Å². The zero-order valence-corrected chi connectivity index (χ0v) is 18.1. The maximum atomic E-state index is 13.0. The van der Waals surface area contributed by atoms with Gasteiger partial charge in [-0.3, -0.25) is 4.79 Å². The molecule has 27 heavy (non-hydrogen) atoms. The van der Waals surface area contributed by atoms with E-state index in [1.807, 2.05) is 18.0 Å². The number of aryl methyl sites for hydroxylation is 1. The highest BCUT2D eigenvalue weighted by molar-refractivity contribution is 6.42. The third-order valence-electron chi connectivity index (χ3n) is 5.26. The van der Waals surface area contributed by atoms with Gasteiger partial charge in [-0.25, -0.2) is 0 Å². The molecule has 2 aromatic rings. The average molecular weight is 428 g/mol. The second-order valence-electron chi connectivity index (χ2n) is 7.14. The molecule has 0 heterocycles. The Morgan fingerprint density at radius 1 is 1.07 bits per heavy atom. The summed E-state index contributed by atoms with van der Waals surface area (Å²) in [5, 5.41) is 0.985. The van der Waals surface area contributed by atoms with Gasteiger partial charge < -0.3 is 9.80 Å². The molecule has 0 N–H and O–H groups in total. The molecule has 0 spiro atoms. The lowest BCUT2D eigenvalue weighted by atomic mass is 9.82. The summed E-state index contributed by atoms with van der Waals surface area (Å²) in [4.78, 5) is 17.1. The Balaban J connectivity index is 0.00000261. The van der Waals surface area contributed by atoms with Gasteiger partial charge in [0.05, 0.1) is 22.5 Å². The number of carbonyl (C=O) groups excluding carboxylic acids is 1. The number of fused-ring (bicyclic) bond motifs is 1. The summed E-state index contributed by atoms with van der Waals surface area (Å²) in [6, 6.07) is 14.2. The average Bonchev–Trinajstić information content (AvgIpc) is 2.63. The molecule has 2 atom stereocenters. The first kappa shape index (κ1) is 22.0. The second kappa shape index (κ2) is 9.29. The molecule has 0 unspecified atom stereocenters. The SMILES string of the molecule is CN(C)[C@H]1CCc2ccccc2[C@@H]1N(C)C(=O)Cc1ccc(Cl)c(Cl)c1.Cl. The van der Waals surface area contributed by atoms with Crippen molar-refractivity contribution in [2.24, 2.45) is 0 Å². The third-order valence-corrected chi connectivity index (χ3v) is 6.00. The number of hydrogen-bond acceptors (Lipinski definition) is 2. The van der Waals surface area contributed by atoms with Crippen LogP contribution in [0.15, 0.2) is 42.5 Å². The molecule has 6 heteroatoms. The number of nitrogens with zero attached hydrogens (tertiary/aromatic N) is 2. The number of likely N-dealkylation sites (N-methyl/N-ethyl adjacent to an activating group) is 2. The maximum absolute atomic E-state index is 13.0. The van der Waals surface area contributed by atoms with Crippen LogP contribution in [0.25, 0.3) is 0 Å². The zero-order valence-electron chi connectivity index (χ0n) is 15.8. The Morgan fingerprint density at radius 2 is 1.78 bits per heavy atom. The van der Waals surface area contributed by atoms with Crippen molar-refractivity contribution in [1.29, 1.82) is 0 Å². The van der Waals surface area contributed by atoms with Crippen LogP contribution in [0.3, 0.4) is 0 Å². The normalized spacial score (nSPS) is 18.6. The van der Waals surface area contributed by atoms with Crippen molar-refractivity contribution >= 4 is 41.5 Å². The number of amides is 1. The molecule has 0 aromatic heterocycles. The van der Waals surface area contributed by atoms with E-state index in [2.05, 4.69) is 43.3 Å². The summed E-state index contributed by atoms with van der Waals surface area (Å²) in [7, 11) is 6.08. The van der Waals surface area contributed by atoms with E-state index in [-0.39, 0.29) is 24.4 Å². The van der Waals surface area contributed by atoms with Crippen LogP contribution in [-0.2, 0) is 17.6 Å². The molecule has 2 aromatic carbocycles. The van der Waals surface area contributed by atoms with E-state index < -0.39 is 0 Å². The molecular weight excluding hydrogens is 403 g/mol. The first-order valence-corrected chi connectivity index (χ1v) is 9.58. The summed E-state index contributed by atoms with van der Waals surface area (Å²) in [5.41, 5.74) is 3.47. The van der Waals surface area contributed by atoms with E-state index in [4.69, 9.17) is 23.2 Å². The monoisotopic (exact) mass is 426 g/mol. The molecule has 1 aliphatic rings. The first-order chi connectivity index (χ1) is 12.4. The predicted octanol–water partition coefficient (Wildman–Crippen LogP) is 5.03. The molecule has 0 saturated carbocycles. The molecule has 1 aliphatic carbocycles. The summed E-state index contributed by atoms with van der Waals surface area (Å²) in [6.07, 6.45) is 2.40. The zero-order chi connectivity index (χ0) is 18.8. The number of hydrogen-bond donors (Lipinski definition) is 0. The van der Waals surface area contributed by atoms with Crippen LogP contribution in [-0.4, -0.2) is 42.9 Å². The molecule has 0 saturated heterocycles. The van der Waals surface area contributed by atoms with Crippen molar-refractivity contribution in [3.63, 3.8) is 0 Å². The Labute approximate surface area is 177 Å². The molecule has 1 amide bonds. The molecule has 0 radical (unpaired) electrons. The highest BCUT2D eigenvalue weighted by Gasteiger charge is 2.35. The van der Waals surface area contributed by atoms with Gasteiger partial charge in [-0.05, 0) is 55.8 Å². The minimum Gasteiger partial charge on any atom is -0.337 e.